The number of rotatable bonds is 8. The molecule has 5 aromatic rings. The van der Waals surface area contributed by atoms with E-state index in [2.05, 4.69) is 27.8 Å². The zero-order valence-electron chi connectivity index (χ0n) is 19.8. The molecule has 0 aliphatic heterocycles. The minimum Gasteiger partial charge on any atom is -0.460 e. The van der Waals surface area contributed by atoms with Crippen molar-refractivity contribution in [2.45, 2.75) is 45.8 Å². The molecule has 3 N–H and O–H groups in total. The number of para-hydroxylation sites is 2. The molecule has 0 saturated heterocycles. The minimum atomic E-state index is -0.854. The number of nitrogens with zero attached hydrogens (tertiary/aromatic N) is 1. The smallest absolute Gasteiger partial charge is 0.240 e. The zero-order valence-corrected chi connectivity index (χ0v) is 19.8. The second kappa shape index (κ2) is 9.84. The molecule has 1 amide bonds. The van der Waals surface area contributed by atoms with Gasteiger partial charge in [0.05, 0.1) is 18.1 Å². The molecule has 3 heterocycles. The molecule has 2 atom stereocenters. The van der Waals surface area contributed by atoms with Gasteiger partial charge in [-0.25, -0.2) is 0 Å². The lowest BCUT2D eigenvalue weighted by atomic mass is 9.90. The summed E-state index contributed by atoms with van der Waals surface area (Å²) in [6, 6.07) is 20.1. The Kier molecular flexibility index (Phi) is 6.85. The standard InChI is InChI=1S/C28H30N4O2.CH4/c1-19(21-12-13-32(3)18-21)31-27(33)28(2,15-22-16-29-25-10-6-5-9-24(22)25)30-17-23-14-20-8-4-7-11-26(20)34-23;/h4-14,16,18-19,29-30H,15,17H2,1-3H3,(H,31,33);1H4/t19?,28-;/m1./s1. The number of aryl methyl sites for hydroxylation is 1. The summed E-state index contributed by atoms with van der Waals surface area (Å²) in [7, 11) is 1.98. The number of aromatic amines is 1. The van der Waals surface area contributed by atoms with Gasteiger partial charge in [0, 0.05) is 48.3 Å². The van der Waals surface area contributed by atoms with Gasteiger partial charge in [0.25, 0.3) is 0 Å². The number of carbonyl (C=O) groups excluding carboxylic acids is 1. The Hall–Kier alpha value is -3.77. The molecule has 0 aliphatic rings. The van der Waals surface area contributed by atoms with Gasteiger partial charge in [-0.15, -0.1) is 0 Å². The van der Waals surface area contributed by atoms with Gasteiger partial charge in [-0.05, 0) is 49.2 Å². The summed E-state index contributed by atoms with van der Waals surface area (Å²) in [6.45, 7) is 4.42. The fourth-order valence-corrected chi connectivity index (χ4v) is 4.51. The van der Waals surface area contributed by atoms with E-state index in [4.69, 9.17) is 4.42 Å². The van der Waals surface area contributed by atoms with Crippen molar-refractivity contribution in [2.24, 2.45) is 7.05 Å². The van der Waals surface area contributed by atoms with Crippen LogP contribution in [0.25, 0.3) is 21.9 Å². The Labute approximate surface area is 206 Å². The average molecular weight is 471 g/mol. The maximum absolute atomic E-state index is 13.7. The lowest BCUT2D eigenvalue weighted by Crippen LogP contribution is -2.56. The van der Waals surface area contributed by atoms with Crippen LogP contribution in [-0.4, -0.2) is 21.0 Å². The van der Waals surface area contributed by atoms with Crippen molar-refractivity contribution in [3.05, 3.63) is 96.1 Å². The van der Waals surface area contributed by atoms with Crippen LogP contribution >= 0.6 is 0 Å². The highest BCUT2D eigenvalue weighted by atomic mass is 16.3. The number of hydrogen-bond acceptors (Lipinski definition) is 3. The van der Waals surface area contributed by atoms with Gasteiger partial charge in [-0.1, -0.05) is 43.8 Å². The molecule has 2 aromatic carbocycles. The third-order valence-corrected chi connectivity index (χ3v) is 6.55. The minimum absolute atomic E-state index is 0. The summed E-state index contributed by atoms with van der Waals surface area (Å²) in [5.74, 6) is 0.750. The molecule has 3 aromatic heterocycles. The van der Waals surface area contributed by atoms with Crippen LogP contribution in [0.15, 0.2) is 83.7 Å². The van der Waals surface area contributed by atoms with Crippen LogP contribution in [-0.2, 0) is 24.8 Å². The molecule has 35 heavy (non-hydrogen) atoms. The molecule has 0 bridgehead atoms. The maximum atomic E-state index is 13.7. The first-order chi connectivity index (χ1) is 16.4. The van der Waals surface area contributed by atoms with E-state index < -0.39 is 5.54 Å². The van der Waals surface area contributed by atoms with Gasteiger partial charge >= 0.3 is 0 Å². The molecule has 6 heteroatoms. The highest BCUT2D eigenvalue weighted by Crippen LogP contribution is 2.25. The van der Waals surface area contributed by atoms with E-state index in [1.165, 1.54) is 0 Å². The lowest BCUT2D eigenvalue weighted by molar-refractivity contribution is -0.127. The number of nitrogens with one attached hydrogen (secondary N) is 3. The SMILES string of the molecule is C.CC(NC(=O)[C@@](C)(Cc1c[nH]c2ccccc12)NCc1cc2ccccc2o1)c1ccn(C)c1. The van der Waals surface area contributed by atoms with Crippen molar-refractivity contribution in [3.63, 3.8) is 0 Å². The van der Waals surface area contributed by atoms with Crippen LogP contribution in [0.3, 0.4) is 0 Å². The molecule has 182 valence electrons. The number of H-pyrrole nitrogens is 1. The number of hydrogen-bond donors (Lipinski definition) is 3. The summed E-state index contributed by atoms with van der Waals surface area (Å²) in [5.41, 5.74) is 3.22. The van der Waals surface area contributed by atoms with Crippen molar-refractivity contribution < 1.29 is 9.21 Å². The first kappa shape index (κ1) is 24.4. The maximum Gasteiger partial charge on any atom is 0.240 e. The van der Waals surface area contributed by atoms with E-state index in [0.29, 0.717) is 13.0 Å². The van der Waals surface area contributed by atoms with Gasteiger partial charge < -0.3 is 19.3 Å². The van der Waals surface area contributed by atoms with E-state index in [9.17, 15) is 4.79 Å². The van der Waals surface area contributed by atoms with Gasteiger partial charge in [0.1, 0.15) is 11.3 Å². The summed E-state index contributed by atoms with van der Waals surface area (Å²) < 4.78 is 7.99. The normalized spacial score (nSPS) is 13.9. The van der Waals surface area contributed by atoms with Crippen molar-refractivity contribution in [2.75, 3.05) is 0 Å². The van der Waals surface area contributed by atoms with E-state index in [1.807, 2.05) is 92.6 Å². The monoisotopic (exact) mass is 470 g/mol. The Balaban J connectivity index is 0.00000289. The number of aromatic nitrogens is 2. The fraction of sp³-hybridized carbons (Fsp3) is 0.276. The van der Waals surface area contributed by atoms with Gasteiger partial charge in [-0.3, -0.25) is 10.1 Å². The largest absolute Gasteiger partial charge is 0.460 e. The Morgan fingerprint density at radius 2 is 1.91 bits per heavy atom. The van der Waals surface area contributed by atoms with Crippen molar-refractivity contribution in [1.29, 1.82) is 0 Å². The first-order valence-electron chi connectivity index (χ1n) is 11.6. The summed E-state index contributed by atoms with van der Waals surface area (Å²) in [4.78, 5) is 17.0. The number of amides is 1. The van der Waals surface area contributed by atoms with Crippen LogP contribution in [0.1, 0.15) is 44.2 Å². The topological polar surface area (TPSA) is 75.0 Å². The molecular formula is C29H34N4O2. The Morgan fingerprint density at radius 3 is 2.69 bits per heavy atom. The summed E-state index contributed by atoms with van der Waals surface area (Å²) in [6.07, 6.45) is 6.55. The van der Waals surface area contributed by atoms with Crippen LogP contribution < -0.4 is 10.6 Å². The van der Waals surface area contributed by atoms with Gasteiger partial charge in [-0.2, -0.15) is 0 Å². The van der Waals surface area contributed by atoms with E-state index in [-0.39, 0.29) is 19.4 Å². The second-order valence-corrected chi connectivity index (χ2v) is 9.28. The van der Waals surface area contributed by atoms with Crippen LogP contribution in [0.5, 0.6) is 0 Å². The molecule has 0 spiro atoms. The van der Waals surface area contributed by atoms with Gasteiger partial charge in [0.2, 0.25) is 5.91 Å². The van der Waals surface area contributed by atoms with E-state index in [1.54, 1.807) is 0 Å². The van der Waals surface area contributed by atoms with Crippen LogP contribution in [0, 0.1) is 0 Å². The van der Waals surface area contributed by atoms with E-state index >= 15 is 0 Å². The predicted molar refractivity (Wildman–Crippen MR) is 142 cm³/mol. The molecule has 0 radical (unpaired) electrons. The van der Waals surface area contributed by atoms with Crippen molar-refractivity contribution in [1.82, 2.24) is 20.2 Å². The quantitative estimate of drug-likeness (QED) is 0.266. The summed E-state index contributed by atoms with van der Waals surface area (Å²) >= 11 is 0. The van der Waals surface area contributed by atoms with Crippen molar-refractivity contribution >= 4 is 27.8 Å². The van der Waals surface area contributed by atoms with E-state index in [0.717, 1.165) is 38.8 Å². The Bertz CT molecular complexity index is 1410. The average Bonchev–Trinajstić information content (AvgIpc) is 3.56. The van der Waals surface area contributed by atoms with Crippen LogP contribution in [0.2, 0.25) is 0 Å². The number of carbonyl (C=O) groups is 1. The molecule has 6 nitrogen and oxygen atoms in total. The molecule has 5 rings (SSSR count). The van der Waals surface area contributed by atoms with Crippen molar-refractivity contribution in [3.8, 4) is 0 Å². The fourth-order valence-electron chi connectivity index (χ4n) is 4.51. The molecule has 0 aliphatic carbocycles. The highest BCUT2D eigenvalue weighted by Gasteiger charge is 2.35. The van der Waals surface area contributed by atoms with Crippen LogP contribution in [0.4, 0.5) is 0 Å². The second-order valence-electron chi connectivity index (χ2n) is 9.28. The number of benzene rings is 2. The summed E-state index contributed by atoms with van der Waals surface area (Å²) in [5, 5.41) is 8.91. The predicted octanol–water partition coefficient (Wildman–Crippen LogP) is 5.86. The highest BCUT2D eigenvalue weighted by molar-refractivity contribution is 5.89. The van der Waals surface area contributed by atoms with Gasteiger partial charge in [0.15, 0.2) is 0 Å². The molecular weight excluding hydrogens is 436 g/mol. The third-order valence-electron chi connectivity index (χ3n) is 6.55. The lowest BCUT2D eigenvalue weighted by Gasteiger charge is -2.31. The number of furan rings is 1. The molecule has 0 fully saturated rings. The zero-order chi connectivity index (χ0) is 23.7. The third kappa shape index (κ3) is 5.03. The molecule has 1 unspecified atom stereocenters. The first-order valence-corrected chi connectivity index (χ1v) is 11.6. The number of fused-ring (bicyclic) bond motifs is 2. The molecule has 0 saturated carbocycles. The Morgan fingerprint density at radius 1 is 1.14 bits per heavy atom.